The van der Waals surface area contributed by atoms with Crippen molar-refractivity contribution in [2.75, 3.05) is 6.54 Å². The van der Waals surface area contributed by atoms with Crippen LogP contribution in [0.3, 0.4) is 0 Å². The van der Waals surface area contributed by atoms with Gasteiger partial charge in [0.15, 0.2) is 0 Å². The first-order valence-corrected chi connectivity index (χ1v) is 8.02. The van der Waals surface area contributed by atoms with Gasteiger partial charge in [-0.2, -0.15) is 0 Å². The Kier molecular flexibility index (Phi) is 7.28. The first-order valence-electron chi connectivity index (χ1n) is 7.25. The Morgan fingerprint density at radius 1 is 1.38 bits per heavy atom. The molecule has 0 unspecified atom stereocenters. The molecule has 1 amide bonds. The molecular formula is C14H23N3O3S. The molecule has 1 aromatic rings. The second-order valence-corrected chi connectivity index (χ2v) is 6.36. The summed E-state index contributed by atoms with van der Waals surface area (Å²) in [5.74, 6) is -0.692. The molecular weight excluding hydrogens is 290 g/mol. The lowest BCUT2D eigenvalue weighted by atomic mass is 9.94. The predicted octanol–water partition coefficient (Wildman–Crippen LogP) is 2.36. The second-order valence-electron chi connectivity index (χ2n) is 5.60. The van der Waals surface area contributed by atoms with Gasteiger partial charge in [-0.1, -0.05) is 31.7 Å². The van der Waals surface area contributed by atoms with Crippen molar-refractivity contribution in [3.05, 3.63) is 10.6 Å². The van der Waals surface area contributed by atoms with Crippen LogP contribution in [0.4, 0.5) is 0 Å². The van der Waals surface area contributed by atoms with Crippen molar-refractivity contribution >= 4 is 23.4 Å². The van der Waals surface area contributed by atoms with Crippen molar-refractivity contribution in [1.29, 1.82) is 0 Å². The van der Waals surface area contributed by atoms with E-state index < -0.39 is 5.97 Å². The molecule has 0 aliphatic carbocycles. The van der Waals surface area contributed by atoms with Crippen LogP contribution in [0.25, 0.3) is 0 Å². The van der Waals surface area contributed by atoms with Gasteiger partial charge < -0.3 is 10.4 Å². The highest BCUT2D eigenvalue weighted by Gasteiger charge is 2.19. The normalized spacial score (nSPS) is 12.4. The highest BCUT2D eigenvalue weighted by atomic mass is 32.1. The molecule has 0 saturated heterocycles. The van der Waals surface area contributed by atoms with Crippen LogP contribution in [-0.4, -0.2) is 33.1 Å². The van der Waals surface area contributed by atoms with E-state index in [2.05, 4.69) is 14.9 Å². The molecule has 0 saturated carbocycles. The van der Waals surface area contributed by atoms with Gasteiger partial charge in [-0.3, -0.25) is 9.59 Å². The summed E-state index contributed by atoms with van der Waals surface area (Å²) in [5.41, 5.74) is 0.721. The van der Waals surface area contributed by atoms with E-state index >= 15 is 0 Å². The maximum Gasteiger partial charge on any atom is 0.303 e. The van der Waals surface area contributed by atoms with Crippen molar-refractivity contribution in [2.45, 2.75) is 46.5 Å². The number of nitrogens with one attached hydrogen (secondary N) is 1. The van der Waals surface area contributed by atoms with Crippen molar-refractivity contribution in [2.24, 2.45) is 11.8 Å². The quantitative estimate of drug-likeness (QED) is 0.730. The molecule has 1 heterocycles. The van der Waals surface area contributed by atoms with E-state index in [1.165, 1.54) is 0 Å². The van der Waals surface area contributed by atoms with Gasteiger partial charge in [-0.25, -0.2) is 0 Å². The Bertz CT molecular complexity index is 474. The number of carbonyl (C=O) groups is 2. The van der Waals surface area contributed by atoms with Gasteiger partial charge in [-0.05, 0) is 36.2 Å². The maximum absolute atomic E-state index is 12.1. The zero-order valence-electron chi connectivity index (χ0n) is 12.8. The van der Waals surface area contributed by atoms with Gasteiger partial charge in [0, 0.05) is 13.0 Å². The van der Waals surface area contributed by atoms with Crippen LogP contribution in [0.1, 0.15) is 55.4 Å². The third-order valence-electron chi connectivity index (χ3n) is 3.07. The number of aromatic nitrogens is 2. The SMILES string of the molecule is CCCc1nnsc1C(=O)NC[C@H](CC(=O)O)CC(C)C. The van der Waals surface area contributed by atoms with Crippen molar-refractivity contribution < 1.29 is 14.7 Å². The Balaban J connectivity index is 2.59. The molecule has 21 heavy (non-hydrogen) atoms. The third-order valence-corrected chi connectivity index (χ3v) is 3.84. The van der Waals surface area contributed by atoms with E-state index in [-0.39, 0.29) is 18.2 Å². The number of hydrogen-bond acceptors (Lipinski definition) is 5. The number of carboxylic acid groups (broad SMARTS) is 1. The van der Waals surface area contributed by atoms with Crippen LogP contribution in [0, 0.1) is 11.8 Å². The smallest absolute Gasteiger partial charge is 0.303 e. The molecule has 6 nitrogen and oxygen atoms in total. The monoisotopic (exact) mass is 313 g/mol. The lowest BCUT2D eigenvalue weighted by Gasteiger charge is -2.17. The van der Waals surface area contributed by atoms with Crippen molar-refractivity contribution in [3.8, 4) is 0 Å². The molecule has 0 spiro atoms. The van der Waals surface area contributed by atoms with Crippen LogP contribution in [0.15, 0.2) is 0 Å². The van der Waals surface area contributed by atoms with Gasteiger partial charge in [0.05, 0.1) is 5.69 Å². The predicted molar refractivity (Wildman–Crippen MR) is 81.4 cm³/mol. The van der Waals surface area contributed by atoms with Crippen LogP contribution < -0.4 is 5.32 Å². The van der Waals surface area contributed by atoms with Crippen LogP contribution in [-0.2, 0) is 11.2 Å². The fourth-order valence-electron chi connectivity index (χ4n) is 2.25. The number of carbonyl (C=O) groups excluding carboxylic acids is 1. The third kappa shape index (κ3) is 6.20. The standard InChI is InChI=1S/C14H23N3O3S/c1-4-5-11-13(21-17-16-11)14(20)15-8-10(6-9(2)3)7-12(18)19/h9-10H,4-8H2,1-3H3,(H,15,20)(H,18,19)/t10-/m0/s1. The van der Waals surface area contributed by atoms with Crippen molar-refractivity contribution in [3.63, 3.8) is 0 Å². The highest BCUT2D eigenvalue weighted by Crippen LogP contribution is 2.16. The summed E-state index contributed by atoms with van der Waals surface area (Å²) >= 11 is 1.09. The van der Waals surface area contributed by atoms with E-state index in [1.807, 2.05) is 20.8 Å². The first-order chi connectivity index (χ1) is 9.93. The summed E-state index contributed by atoms with van der Waals surface area (Å²) in [7, 11) is 0. The van der Waals surface area contributed by atoms with Crippen molar-refractivity contribution in [1.82, 2.24) is 14.9 Å². The highest BCUT2D eigenvalue weighted by molar-refractivity contribution is 7.08. The van der Waals surface area contributed by atoms with Gasteiger partial charge in [0.25, 0.3) is 5.91 Å². The Hall–Kier alpha value is -1.50. The zero-order chi connectivity index (χ0) is 15.8. The summed E-state index contributed by atoms with van der Waals surface area (Å²) in [4.78, 5) is 23.6. The number of nitrogens with zero attached hydrogens (tertiary/aromatic N) is 2. The topological polar surface area (TPSA) is 92.2 Å². The molecule has 1 aromatic heterocycles. The molecule has 1 rings (SSSR count). The second kappa shape index (κ2) is 8.71. The largest absolute Gasteiger partial charge is 0.481 e. The molecule has 1 atom stereocenters. The van der Waals surface area contributed by atoms with Gasteiger partial charge in [0.1, 0.15) is 4.88 Å². The lowest BCUT2D eigenvalue weighted by Crippen LogP contribution is -2.31. The molecule has 2 N–H and O–H groups in total. The summed E-state index contributed by atoms with van der Waals surface area (Å²) in [6.07, 6.45) is 2.47. The number of hydrogen-bond donors (Lipinski definition) is 2. The van der Waals surface area contributed by atoms with Gasteiger partial charge in [-0.15, -0.1) is 5.10 Å². The average Bonchev–Trinajstić information content (AvgIpc) is 2.83. The van der Waals surface area contributed by atoms with E-state index in [9.17, 15) is 9.59 Å². The van der Waals surface area contributed by atoms with Crippen LogP contribution >= 0.6 is 11.5 Å². The maximum atomic E-state index is 12.1. The molecule has 7 heteroatoms. The van der Waals surface area contributed by atoms with E-state index in [0.29, 0.717) is 17.3 Å². The number of aliphatic carboxylic acids is 1. The fraction of sp³-hybridized carbons (Fsp3) is 0.714. The number of aryl methyl sites for hydroxylation is 1. The van der Waals surface area contributed by atoms with E-state index in [4.69, 9.17) is 5.11 Å². The summed E-state index contributed by atoms with van der Waals surface area (Å²) in [6.45, 7) is 6.48. The van der Waals surface area contributed by atoms with Crippen LogP contribution in [0.2, 0.25) is 0 Å². The molecule has 0 bridgehead atoms. The minimum Gasteiger partial charge on any atom is -0.481 e. The average molecular weight is 313 g/mol. The molecule has 0 aliphatic rings. The molecule has 118 valence electrons. The summed E-state index contributed by atoms with van der Waals surface area (Å²) in [5, 5.41) is 15.7. The Morgan fingerprint density at radius 3 is 2.67 bits per heavy atom. The molecule has 0 aromatic carbocycles. The zero-order valence-corrected chi connectivity index (χ0v) is 13.6. The summed E-state index contributed by atoms with van der Waals surface area (Å²) in [6, 6.07) is 0. The minimum atomic E-state index is -0.832. The first kappa shape index (κ1) is 17.6. The number of amides is 1. The van der Waals surface area contributed by atoms with Gasteiger partial charge >= 0.3 is 5.97 Å². The number of carboxylic acids is 1. The van der Waals surface area contributed by atoms with E-state index in [1.54, 1.807) is 0 Å². The van der Waals surface area contributed by atoms with Gasteiger partial charge in [0.2, 0.25) is 0 Å². The lowest BCUT2D eigenvalue weighted by molar-refractivity contribution is -0.138. The molecule has 0 fully saturated rings. The molecule has 0 aliphatic heterocycles. The van der Waals surface area contributed by atoms with Crippen LogP contribution in [0.5, 0.6) is 0 Å². The fourth-order valence-corrected chi connectivity index (χ4v) is 2.88. The minimum absolute atomic E-state index is 0.0537. The Morgan fingerprint density at radius 2 is 2.10 bits per heavy atom. The molecule has 0 radical (unpaired) electrons. The summed E-state index contributed by atoms with van der Waals surface area (Å²) < 4.78 is 3.82. The number of rotatable bonds is 9. The van der Waals surface area contributed by atoms with E-state index in [0.717, 1.165) is 36.5 Å². The Labute approximate surface area is 129 Å².